The third-order valence-corrected chi connectivity index (χ3v) is 15.6. The first kappa shape index (κ1) is 38.1. The minimum absolute atomic E-state index is 0.0464. The number of fused-ring (bicyclic) bond motifs is 7. The van der Waals surface area contributed by atoms with Gasteiger partial charge in [-0.15, -0.1) is 0 Å². The van der Waals surface area contributed by atoms with Gasteiger partial charge in [-0.25, -0.2) is 0 Å². The minimum Gasteiger partial charge on any atom is -0.465 e. The zero-order valence-electron chi connectivity index (χ0n) is 32.1. The summed E-state index contributed by atoms with van der Waals surface area (Å²) in [6.07, 6.45) is 8.94. The van der Waals surface area contributed by atoms with Crippen molar-refractivity contribution in [3.8, 4) is 0 Å². The number of carbonyl (C=O) groups is 4. The van der Waals surface area contributed by atoms with Gasteiger partial charge in [0, 0.05) is 36.3 Å². The highest BCUT2D eigenvalue weighted by molar-refractivity contribution is 9.10. The van der Waals surface area contributed by atoms with Crippen molar-refractivity contribution in [2.24, 2.45) is 50.2 Å². The molecule has 1 aromatic carbocycles. The summed E-state index contributed by atoms with van der Waals surface area (Å²) in [6, 6.07) is 7.87. The molecule has 3 unspecified atom stereocenters. The highest BCUT2D eigenvalue weighted by Crippen LogP contribution is 2.76. The quantitative estimate of drug-likeness (QED) is 0.175. The van der Waals surface area contributed by atoms with Gasteiger partial charge in [0.15, 0.2) is 0 Å². The normalized spacial score (nSPS) is 40.9. The molecule has 0 aromatic heterocycles. The summed E-state index contributed by atoms with van der Waals surface area (Å²) in [4.78, 5) is 51.9. The standard InChI is InChI=1S/C42H58BrNO7/c1-25(45)49-24-39(7)33-16-17-41(9)34(38(33,6)23-32(50-26(2)46)35(39)51-27(3)47)15-14-30-31-22-37(4,5)18-20-42(31,21-19-40(30,41)8)36(48)44-29-12-10-28(43)11-13-29/h10-14,31-35H,15-24H2,1-9H3,(H,44,48)/t31?,32-,33?,34?,35+,38+,39+,40-,41-,42+/m1/s1. The van der Waals surface area contributed by atoms with Gasteiger partial charge in [0.05, 0.1) is 5.41 Å². The maximum Gasteiger partial charge on any atom is 0.303 e. The molecule has 5 aliphatic rings. The van der Waals surface area contributed by atoms with Gasteiger partial charge in [0.2, 0.25) is 5.91 Å². The minimum atomic E-state index is -0.767. The van der Waals surface area contributed by atoms with E-state index in [9.17, 15) is 19.2 Å². The van der Waals surface area contributed by atoms with E-state index in [1.165, 1.54) is 26.3 Å². The molecule has 4 saturated carbocycles. The first-order chi connectivity index (χ1) is 23.7. The number of rotatable bonds is 6. The maximum absolute atomic E-state index is 14.5. The number of amides is 1. The van der Waals surface area contributed by atoms with Crippen LogP contribution < -0.4 is 5.32 Å². The van der Waals surface area contributed by atoms with Crippen molar-refractivity contribution in [2.45, 2.75) is 132 Å². The van der Waals surface area contributed by atoms with Gasteiger partial charge in [0.1, 0.15) is 18.8 Å². The predicted molar refractivity (Wildman–Crippen MR) is 199 cm³/mol. The molecule has 4 fully saturated rings. The van der Waals surface area contributed by atoms with E-state index in [0.29, 0.717) is 6.42 Å². The number of carbonyl (C=O) groups excluding carboxylic acids is 4. The van der Waals surface area contributed by atoms with Crippen LogP contribution in [-0.4, -0.2) is 42.6 Å². The van der Waals surface area contributed by atoms with Crippen molar-refractivity contribution >= 4 is 45.4 Å². The third kappa shape index (κ3) is 6.19. The van der Waals surface area contributed by atoms with Gasteiger partial charge < -0.3 is 19.5 Å². The molecule has 1 aromatic rings. The second-order valence-corrected chi connectivity index (χ2v) is 19.4. The highest BCUT2D eigenvalue weighted by Gasteiger charge is 2.71. The maximum atomic E-state index is 14.5. The van der Waals surface area contributed by atoms with Gasteiger partial charge in [-0.1, -0.05) is 69.1 Å². The van der Waals surface area contributed by atoms with E-state index >= 15 is 0 Å². The van der Waals surface area contributed by atoms with Crippen molar-refractivity contribution in [2.75, 3.05) is 11.9 Å². The Labute approximate surface area is 312 Å². The molecule has 51 heavy (non-hydrogen) atoms. The molecule has 8 nitrogen and oxygen atoms in total. The van der Waals surface area contributed by atoms with E-state index in [2.05, 4.69) is 68.9 Å². The molecule has 1 N–H and O–H groups in total. The first-order valence-corrected chi connectivity index (χ1v) is 19.8. The molecule has 9 heteroatoms. The molecule has 280 valence electrons. The Balaban J connectivity index is 1.42. The fourth-order valence-electron chi connectivity index (χ4n) is 12.5. The molecule has 0 aliphatic heterocycles. The number of hydrogen-bond acceptors (Lipinski definition) is 7. The van der Waals surface area contributed by atoms with Crippen LogP contribution in [0.4, 0.5) is 5.69 Å². The Hall–Kier alpha value is -2.68. The molecule has 0 radical (unpaired) electrons. The number of halogens is 1. The Morgan fingerprint density at radius 3 is 2.08 bits per heavy atom. The average Bonchev–Trinajstić information content (AvgIpc) is 3.02. The topological polar surface area (TPSA) is 108 Å². The lowest BCUT2D eigenvalue weighted by Crippen LogP contribution is -2.69. The van der Waals surface area contributed by atoms with Crippen LogP contribution >= 0.6 is 15.9 Å². The van der Waals surface area contributed by atoms with Crippen LogP contribution in [0.3, 0.4) is 0 Å². The average molecular weight is 769 g/mol. The molecule has 0 heterocycles. The highest BCUT2D eigenvalue weighted by atomic mass is 79.9. The number of nitrogens with one attached hydrogen (secondary N) is 1. The van der Waals surface area contributed by atoms with Crippen LogP contribution in [0, 0.1) is 50.2 Å². The van der Waals surface area contributed by atoms with E-state index < -0.39 is 40.9 Å². The summed E-state index contributed by atoms with van der Waals surface area (Å²) in [5, 5.41) is 3.34. The van der Waals surface area contributed by atoms with Gasteiger partial charge in [-0.05, 0) is 121 Å². The Morgan fingerprint density at radius 2 is 1.45 bits per heavy atom. The number of hydrogen-bond donors (Lipinski definition) is 1. The fourth-order valence-corrected chi connectivity index (χ4v) is 12.7. The van der Waals surface area contributed by atoms with Gasteiger partial charge in [0.25, 0.3) is 0 Å². The largest absolute Gasteiger partial charge is 0.465 e. The SMILES string of the molecule is CC(=O)OC[C@@]1(C)C2CC[C@]3(C)C(CC=C4C5CC(C)(C)CC[C@]5(C(=O)Nc5ccc(Br)cc5)CC[C@]43C)[C@@]2(C)C[C@@H](OC(C)=O)[C@@H]1OC(C)=O. The second kappa shape index (κ2) is 13.0. The zero-order chi connectivity index (χ0) is 37.4. The van der Waals surface area contributed by atoms with E-state index in [-0.39, 0.29) is 51.9 Å². The van der Waals surface area contributed by atoms with Crippen molar-refractivity contribution in [3.05, 3.63) is 40.4 Å². The van der Waals surface area contributed by atoms with E-state index in [1.807, 2.05) is 24.3 Å². The number of anilines is 1. The van der Waals surface area contributed by atoms with E-state index in [1.54, 1.807) is 0 Å². The third-order valence-electron chi connectivity index (χ3n) is 15.1. The van der Waals surface area contributed by atoms with E-state index in [4.69, 9.17) is 14.2 Å². The number of ether oxygens (including phenoxy) is 3. The summed E-state index contributed by atoms with van der Waals surface area (Å²) >= 11 is 3.52. The second-order valence-electron chi connectivity index (χ2n) is 18.5. The molecule has 5 aliphatic carbocycles. The summed E-state index contributed by atoms with van der Waals surface area (Å²) in [6.45, 7) is 18.3. The number of esters is 3. The number of allylic oxidation sites excluding steroid dienone is 2. The zero-order valence-corrected chi connectivity index (χ0v) is 33.7. The lowest BCUT2D eigenvalue weighted by atomic mass is 9.33. The molecule has 6 rings (SSSR count). The van der Waals surface area contributed by atoms with E-state index in [0.717, 1.165) is 61.5 Å². The fraction of sp³-hybridized carbons (Fsp3) is 0.714. The predicted octanol–water partition coefficient (Wildman–Crippen LogP) is 9.21. The Bertz CT molecular complexity index is 1620. The molecule has 10 atom stereocenters. The molecule has 0 saturated heterocycles. The molecule has 1 amide bonds. The van der Waals surface area contributed by atoms with Crippen LogP contribution in [-0.2, 0) is 33.4 Å². The van der Waals surface area contributed by atoms with Crippen molar-refractivity contribution in [1.82, 2.24) is 0 Å². The lowest BCUT2D eigenvalue weighted by molar-refractivity contribution is -0.255. The van der Waals surface area contributed by atoms with Crippen LogP contribution in [0.25, 0.3) is 0 Å². The van der Waals surface area contributed by atoms with Crippen molar-refractivity contribution in [3.63, 3.8) is 0 Å². The summed E-state index contributed by atoms with van der Waals surface area (Å²) in [7, 11) is 0. The first-order valence-electron chi connectivity index (χ1n) is 19.0. The van der Waals surface area contributed by atoms with Gasteiger partial charge >= 0.3 is 17.9 Å². The van der Waals surface area contributed by atoms with Crippen molar-refractivity contribution in [1.29, 1.82) is 0 Å². The summed E-state index contributed by atoms with van der Waals surface area (Å²) in [5.41, 5.74) is 0.616. The van der Waals surface area contributed by atoms with Gasteiger partial charge in [-0.3, -0.25) is 19.2 Å². The van der Waals surface area contributed by atoms with Crippen molar-refractivity contribution < 1.29 is 33.4 Å². The van der Waals surface area contributed by atoms with Crippen LogP contribution in [0.2, 0.25) is 0 Å². The van der Waals surface area contributed by atoms with Gasteiger partial charge in [-0.2, -0.15) is 0 Å². The molecule has 0 bridgehead atoms. The monoisotopic (exact) mass is 767 g/mol. The lowest BCUT2D eigenvalue weighted by Gasteiger charge is -2.71. The Morgan fingerprint density at radius 1 is 0.804 bits per heavy atom. The smallest absolute Gasteiger partial charge is 0.303 e. The molecular weight excluding hydrogens is 710 g/mol. The van der Waals surface area contributed by atoms with Crippen LogP contribution in [0.5, 0.6) is 0 Å². The number of benzene rings is 1. The van der Waals surface area contributed by atoms with Crippen LogP contribution in [0.15, 0.2) is 40.4 Å². The van der Waals surface area contributed by atoms with Crippen LogP contribution in [0.1, 0.15) is 120 Å². The molecule has 0 spiro atoms. The Kier molecular flexibility index (Phi) is 9.71. The summed E-state index contributed by atoms with van der Waals surface area (Å²) in [5.74, 6) is -0.699. The molecular formula is C42H58BrNO7. The summed E-state index contributed by atoms with van der Waals surface area (Å²) < 4.78 is 18.8.